The van der Waals surface area contributed by atoms with Crippen LogP contribution in [0.3, 0.4) is 0 Å². The number of aromatic nitrogens is 4. The molecule has 3 N–H and O–H groups in total. The molecule has 3 aliphatic heterocycles. The van der Waals surface area contributed by atoms with E-state index in [1.807, 2.05) is 11.8 Å². The van der Waals surface area contributed by atoms with Crippen LogP contribution in [0.1, 0.15) is 82.4 Å². The van der Waals surface area contributed by atoms with Crippen LogP contribution in [-0.4, -0.2) is 74.8 Å². The van der Waals surface area contributed by atoms with Crippen molar-refractivity contribution >= 4 is 22.5 Å². The maximum Gasteiger partial charge on any atom is 0.425 e. The minimum absolute atomic E-state index is 0.0162. The van der Waals surface area contributed by atoms with Crippen LogP contribution in [0.2, 0.25) is 0 Å². The Morgan fingerprint density at radius 3 is 2.45 bits per heavy atom. The number of aryl methyl sites for hydroxylation is 1. The molecule has 0 radical (unpaired) electrons. The second-order valence-electron chi connectivity index (χ2n) is 15.1. The van der Waals surface area contributed by atoms with Crippen LogP contribution in [0.4, 0.5) is 51.1 Å². The first-order valence-corrected chi connectivity index (χ1v) is 17.9. The van der Waals surface area contributed by atoms with Crippen LogP contribution < -0.4 is 20.5 Å². The van der Waals surface area contributed by atoms with Crippen LogP contribution in [0, 0.1) is 24.1 Å². The Balaban J connectivity index is 1.40. The van der Waals surface area contributed by atoms with E-state index in [9.17, 15) is 35.1 Å². The first-order valence-electron chi connectivity index (χ1n) is 17.9. The molecule has 1 spiro atoms. The number of rotatable bonds is 6. The molecule has 0 aromatic carbocycles. The zero-order valence-electron chi connectivity index (χ0n) is 29.2. The standard InChI is InChI=1S/C35H40F9N7O2/c1-3-7-19-8-4-5-9-21(34(39,40)41)53-29-23-27(25(36)26(48-29)20-12-22(45)47-18(2)24(20)35(42,43)44)49-30(50-28(23)46-13-19)52-17-32-10-6-11-51(32)16-31(14-32)15-33(31,37)38/h12,19,21H,3-11,13-17H2,1-2H3,(H2,45,47)(H,46,49,50)/t19?,21-,31?,32+/m1/s1. The van der Waals surface area contributed by atoms with Crippen LogP contribution in [0.25, 0.3) is 22.2 Å². The fraction of sp³-hybridized carbons (Fsp3) is 0.657. The molecule has 290 valence electrons. The molecular weight excluding hydrogens is 721 g/mol. The summed E-state index contributed by atoms with van der Waals surface area (Å²) in [4.78, 5) is 18.3. The van der Waals surface area contributed by atoms with E-state index in [0.29, 0.717) is 25.8 Å². The van der Waals surface area contributed by atoms with Crippen molar-refractivity contribution in [3.63, 3.8) is 0 Å². The predicted octanol–water partition coefficient (Wildman–Crippen LogP) is 8.49. The van der Waals surface area contributed by atoms with Gasteiger partial charge in [0.2, 0.25) is 5.88 Å². The van der Waals surface area contributed by atoms with Gasteiger partial charge in [-0.1, -0.05) is 19.8 Å². The molecule has 6 heterocycles. The number of fused-ring (bicyclic) bond motifs is 1. The van der Waals surface area contributed by atoms with Crippen molar-refractivity contribution in [1.82, 2.24) is 24.8 Å². The van der Waals surface area contributed by atoms with E-state index < -0.39 is 98.7 Å². The number of nitrogen functional groups attached to an aromatic ring is 1. The van der Waals surface area contributed by atoms with Crippen LogP contribution in [0.15, 0.2) is 6.07 Å². The van der Waals surface area contributed by atoms with Gasteiger partial charge in [0, 0.05) is 25.1 Å². The van der Waals surface area contributed by atoms with Crippen molar-refractivity contribution in [2.24, 2.45) is 11.3 Å². The molecule has 53 heavy (non-hydrogen) atoms. The van der Waals surface area contributed by atoms with Crippen molar-refractivity contribution in [3.8, 4) is 23.1 Å². The van der Waals surface area contributed by atoms with E-state index in [4.69, 9.17) is 15.2 Å². The lowest BCUT2D eigenvalue weighted by Gasteiger charge is -2.31. The summed E-state index contributed by atoms with van der Waals surface area (Å²) in [7, 11) is 0. The van der Waals surface area contributed by atoms with Gasteiger partial charge in [0.05, 0.1) is 22.2 Å². The number of nitrogens with one attached hydrogen (secondary N) is 1. The summed E-state index contributed by atoms with van der Waals surface area (Å²) in [5.41, 5.74) is -0.755. The van der Waals surface area contributed by atoms with Gasteiger partial charge >= 0.3 is 18.4 Å². The molecule has 2 saturated heterocycles. The summed E-state index contributed by atoms with van der Waals surface area (Å²) in [5.74, 6) is -5.69. The lowest BCUT2D eigenvalue weighted by Crippen LogP contribution is -2.43. The van der Waals surface area contributed by atoms with E-state index >= 15 is 4.39 Å². The van der Waals surface area contributed by atoms with Crippen molar-refractivity contribution in [2.45, 2.75) is 108 Å². The van der Waals surface area contributed by atoms with Gasteiger partial charge in [0.15, 0.2) is 11.9 Å². The highest BCUT2D eigenvalue weighted by molar-refractivity contribution is 5.96. The average Bonchev–Trinajstić information content (AvgIpc) is 3.27. The summed E-state index contributed by atoms with van der Waals surface area (Å²) >= 11 is 0. The lowest BCUT2D eigenvalue weighted by molar-refractivity contribution is -0.197. The Labute approximate surface area is 299 Å². The topological polar surface area (TPSA) is 111 Å². The highest BCUT2D eigenvalue weighted by atomic mass is 19.4. The van der Waals surface area contributed by atoms with E-state index in [2.05, 4.69) is 25.3 Å². The zero-order valence-corrected chi connectivity index (χ0v) is 29.2. The normalized spacial score (nSPS) is 27.5. The largest absolute Gasteiger partial charge is 0.464 e. The molecule has 0 amide bonds. The molecular formula is C35H40F9N7O2. The monoisotopic (exact) mass is 761 g/mol. The van der Waals surface area contributed by atoms with Crippen molar-refractivity contribution in [3.05, 3.63) is 23.1 Å². The third-order valence-electron chi connectivity index (χ3n) is 11.3. The quantitative estimate of drug-likeness (QED) is 0.239. The summed E-state index contributed by atoms with van der Waals surface area (Å²) in [6.45, 7) is 3.86. The summed E-state index contributed by atoms with van der Waals surface area (Å²) in [6, 6.07) is 0.292. The van der Waals surface area contributed by atoms with Gasteiger partial charge in [-0.3, -0.25) is 4.90 Å². The maximum absolute atomic E-state index is 16.9. The van der Waals surface area contributed by atoms with Gasteiger partial charge in [-0.15, -0.1) is 0 Å². The molecule has 1 aliphatic carbocycles. The molecule has 18 heteroatoms. The minimum atomic E-state index is -5.10. The Hall–Kier alpha value is -3.83. The van der Waals surface area contributed by atoms with Gasteiger partial charge < -0.3 is 20.5 Å². The highest BCUT2D eigenvalue weighted by Crippen LogP contribution is 2.69. The third-order valence-corrected chi connectivity index (χ3v) is 11.3. The van der Waals surface area contributed by atoms with Gasteiger partial charge in [-0.2, -0.15) is 36.3 Å². The number of anilines is 2. The van der Waals surface area contributed by atoms with Crippen LogP contribution in [-0.2, 0) is 6.18 Å². The number of nitrogens with two attached hydrogens (primary N) is 1. The Morgan fingerprint density at radius 1 is 1.04 bits per heavy atom. The van der Waals surface area contributed by atoms with Crippen molar-refractivity contribution < 1.29 is 49.0 Å². The molecule has 0 bridgehead atoms. The maximum atomic E-state index is 16.9. The smallest absolute Gasteiger partial charge is 0.425 e. The van der Waals surface area contributed by atoms with Crippen molar-refractivity contribution in [2.75, 3.05) is 37.3 Å². The number of ether oxygens (including phenoxy) is 2. The highest BCUT2D eigenvalue weighted by Gasteiger charge is 2.77. The summed E-state index contributed by atoms with van der Waals surface area (Å²) in [5, 5.41) is 2.68. The SMILES string of the molecule is CCCC1CCCC[C@H](C(F)(F)F)Oc2nc(-c3cc(N)nc(C)c3C(F)(F)F)c(F)c3nc(OC[C@@]45CCCN4CC4(CC4(F)F)C5)nc(c23)NC1. The van der Waals surface area contributed by atoms with Gasteiger partial charge in [0.25, 0.3) is 5.92 Å². The van der Waals surface area contributed by atoms with E-state index in [-0.39, 0.29) is 50.7 Å². The molecule has 3 aromatic heterocycles. The molecule has 4 atom stereocenters. The first kappa shape index (κ1) is 37.5. The number of alkyl halides is 8. The fourth-order valence-corrected chi connectivity index (χ4v) is 8.65. The third kappa shape index (κ3) is 6.88. The molecule has 9 nitrogen and oxygen atoms in total. The van der Waals surface area contributed by atoms with Crippen LogP contribution in [0.5, 0.6) is 11.9 Å². The second kappa shape index (κ2) is 13.2. The minimum Gasteiger partial charge on any atom is -0.464 e. The van der Waals surface area contributed by atoms with Gasteiger partial charge in [0.1, 0.15) is 34.8 Å². The molecule has 4 aliphatic rings. The zero-order chi connectivity index (χ0) is 38.1. The molecule has 3 aromatic rings. The predicted molar refractivity (Wildman–Crippen MR) is 176 cm³/mol. The van der Waals surface area contributed by atoms with E-state index in [1.54, 1.807) is 0 Å². The number of halogens is 9. The summed E-state index contributed by atoms with van der Waals surface area (Å²) in [6.07, 6.45) is -9.12. The number of nitrogens with zero attached hydrogens (tertiary/aromatic N) is 5. The van der Waals surface area contributed by atoms with Gasteiger partial charge in [-0.25, -0.2) is 23.1 Å². The molecule has 2 unspecified atom stereocenters. The van der Waals surface area contributed by atoms with E-state index in [1.165, 1.54) is 0 Å². The number of pyridine rings is 2. The van der Waals surface area contributed by atoms with Crippen LogP contribution >= 0.6 is 0 Å². The molecule has 7 rings (SSSR count). The second-order valence-corrected chi connectivity index (χ2v) is 15.1. The summed E-state index contributed by atoms with van der Waals surface area (Å²) < 4.78 is 144. The Bertz CT molecular complexity index is 1890. The number of hydrogen-bond donors (Lipinski definition) is 2. The average molecular weight is 762 g/mol. The Morgan fingerprint density at radius 2 is 1.77 bits per heavy atom. The van der Waals surface area contributed by atoms with E-state index in [0.717, 1.165) is 32.3 Å². The Kier molecular flexibility index (Phi) is 9.32. The lowest BCUT2D eigenvalue weighted by atomic mass is 9.89. The van der Waals surface area contributed by atoms with Crippen molar-refractivity contribution in [1.29, 1.82) is 0 Å². The fourth-order valence-electron chi connectivity index (χ4n) is 8.65. The number of hydrogen-bond acceptors (Lipinski definition) is 9. The van der Waals surface area contributed by atoms with Gasteiger partial charge in [-0.05, 0) is 70.4 Å². The molecule has 1 saturated carbocycles. The molecule has 3 fully saturated rings. The first-order chi connectivity index (χ1) is 24.9.